The topological polar surface area (TPSA) is 94.8 Å². The fourth-order valence-corrected chi connectivity index (χ4v) is 3.17. The monoisotopic (exact) mass is 426 g/mol. The van der Waals surface area contributed by atoms with E-state index in [1.807, 2.05) is 13.8 Å². The third kappa shape index (κ3) is 4.72. The molecule has 10 heteroatoms. The number of carbonyl (C=O) groups excluding carboxylic acids is 1. The van der Waals surface area contributed by atoms with E-state index in [0.29, 0.717) is 16.0 Å². The first-order valence-electron chi connectivity index (χ1n) is 7.24. The minimum atomic E-state index is -0.636. The molecule has 0 bridgehead atoms. The molecule has 0 aliphatic carbocycles. The molecule has 1 aromatic carbocycles. The molecule has 0 aliphatic heterocycles. The lowest BCUT2D eigenvalue weighted by molar-refractivity contribution is 0.101. The van der Waals surface area contributed by atoms with E-state index in [2.05, 4.69) is 35.8 Å². The molecule has 1 heterocycles. The van der Waals surface area contributed by atoms with E-state index in [4.69, 9.17) is 5.26 Å². The molecule has 1 amide bonds. The fourth-order valence-electron chi connectivity index (χ4n) is 1.88. The van der Waals surface area contributed by atoms with E-state index in [1.54, 1.807) is 13.1 Å². The maximum Gasteiger partial charge on any atom is 0.275 e. The van der Waals surface area contributed by atoms with Crippen LogP contribution in [0.3, 0.4) is 0 Å². The molecule has 0 aliphatic rings. The summed E-state index contributed by atoms with van der Waals surface area (Å²) in [6.07, 6.45) is 0. The summed E-state index contributed by atoms with van der Waals surface area (Å²) in [5.41, 5.74) is 0.470. The van der Waals surface area contributed by atoms with Crippen LogP contribution in [-0.4, -0.2) is 21.7 Å². The summed E-state index contributed by atoms with van der Waals surface area (Å²) >= 11 is 4.62. The van der Waals surface area contributed by atoms with Crippen molar-refractivity contribution in [1.82, 2.24) is 14.5 Å². The van der Waals surface area contributed by atoms with Gasteiger partial charge in [0.2, 0.25) is 0 Å². The van der Waals surface area contributed by atoms with E-state index >= 15 is 0 Å². The number of carbonyl (C=O) groups is 1. The minimum Gasteiger partial charge on any atom is -0.321 e. The van der Waals surface area contributed by atoms with Gasteiger partial charge in [-0.05, 0) is 48.0 Å². The van der Waals surface area contributed by atoms with Crippen molar-refractivity contribution >= 4 is 45.5 Å². The molecular weight excluding hydrogens is 411 g/mol. The molecule has 1 aromatic heterocycles. The van der Waals surface area contributed by atoms with Crippen LogP contribution in [0.15, 0.2) is 22.7 Å². The Hall–Kier alpha value is -2.09. The normalized spacial score (nSPS) is 10.6. The van der Waals surface area contributed by atoms with Crippen LogP contribution in [-0.2, 0) is 7.05 Å². The van der Waals surface area contributed by atoms with Gasteiger partial charge in [0.15, 0.2) is 5.82 Å². The third-order valence-electron chi connectivity index (χ3n) is 2.99. The van der Waals surface area contributed by atoms with Crippen LogP contribution in [0.4, 0.5) is 15.9 Å². The Morgan fingerprint density at radius 3 is 2.84 bits per heavy atom. The number of hydrogen-bond acceptors (Lipinski definition) is 6. The minimum absolute atomic E-state index is 0.139. The average molecular weight is 427 g/mol. The van der Waals surface area contributed by atoms with Crippen molar-refractivity contribution in [3.63, 3.8) is 0 Å². The number of aryl methyl sites for hydroxylation is 1. The molecule has 2 aromatic rings. The average Bonchev–Trinajstić information content (AvgIpc) is 2.83. The van der Waals surface area contributed by atoms with Crippen molar-refractivity contribution < 1.29 is 9.18 Å². The van der Waals surface area contributed by atoms with Crippen molar-refractivity contribution in [1.29, 1.82) is 5.26 Å². The van der Waals surface area contributed by atoms with Gasteiger partial charge in [-0.3, -0.25) is 14.2 Å². The molecule has 0 fully saturated rings. The Kier molecular flexibility index (Phi) is 6.41. The summed E-state index contributed by atoms with van der Waals surface area (Å²) in [5.74, 6) is -0.585. The van der Waals surface area contributed by atoms with E-state index in [-0.39, 0.29) is 17.3 Å². The molecule has 0 saturated heterocycles. The summed E-state index contributed by atoms with van der Waals surface area (Å²) in [5, 5.41) is 15.7. The lowest BCUT2D eigenvalue weighted by atomic mass is 10.2. The Balaban J connectivity index is 2.17. The van der Waals surface area contributed by atoms with Crippen LogP contribution in [0.2, 0.25) is 0 Å². The van der Waals surface area contributed by atoms with Gasteiger partial charge in [-0.25, -0.2) is 9.11 Å². The third-order valence-corrected chi connectivity index (χ3v) is 4.63. The SMILES string of the molecule is CC(C)NSNc1nn(C)c(C(=O)Nc2ccc(F)c(C#N)c2)c1Br. The van der Waals surface area contributed by atoms with Gasteiger partial charge in [-0.15, -0.1) is 0 Å². The van der Waals surface area contributed by atoms with Gasteiger partial charge in [0.05, 0.1) is 10.0 Å². The van der Waals surface area contributed by atoms with Crippen molar-refractivity contribution in [3.8, 4) is 6.07 Å². The Morgan fingerprint density at radius 2 is 2.20 bits per heavy atom. The molecule has 0 saturated carbocycles. The molecule has 132 valence electrons. The standard InChI is InChI=1S/C15H16BrFN6OS/c1-8(2)21-25-22-14-12(16)13(23(3)20-14)15(24)19-10-4-5-11(17)9(6-10)7-18/h4-6,8,21H,1-3H3,(H,19,24)(H,20,22). The van der Waals surface area contributed by atoms with Crippen molar-refractivity contribution in [2.45, 2.75) is 19.9 Å². The molecule has 25 heavy (non-hydrogen) atoms. The second-order valence-electron chi connectivity index (χ2n) is 5.37. The maximum atomic E-state index is 13.4. The highest BCUT2D eigenvalue weighted by molar-refractivity contribution is 9.10. The zero-order valence-corrected chi connectivity index (χ0v) is 16.1. The number of nitrogens with zero attached hydrogens (tertiary/aromatic N) is 3. The predicted octanol–water partition coefficient (Wildman–Crippen LogP) is 3.42. The number of rotatable bonds is 6. The van der Waals surface area contributed by atoms with Crippen LogP contribution in [0.5, 0.6) is 0 Å². The number of halogens is 2. The summed E-state index contributed by atoms with van der Waals surface area (Å²) < 4.78 is 21.4. The number of benzene rings is 1. The first kappa shape index (κ1) is 19.2. The molecule has 3 N–H and O–H groups in total. The second kappa shape index (κ2) is 8.33. The highest BCUT2D eigenvalue weighted by Gasteiger charge is 2.21. The zero-order chi connectivity index (χ0) is 18.6. The Labute approximate surface area is 157 Å². The zero-order valence-electron chi connectivity index (χ0n) is 13.7. The smallest absolute Gasteiger partial charge is 0.275 e. The Morgan fingerprint density at radius 1 is 1.48 bits per heavy atom. The van der Waals surface area contributed by atoms with Crippen molar-refractivity contribution in [2.75, 3.05) is 10.0 Å². The van der Waals surface area contributed by atoms with Crippen molar-refractivity contribution in [2.24, 2.45) is 7.05 Å². The molecule has 7 nitrogen and oxygen atoms in total. The molecular formula is C15H16BrFN6OS. The van der Waals surface area contributed by atoms with E-state index in [0.717, 1.165) is 6.07 Å². The van der Waals surface area contributed by atoms with Gasteiger partial charge < -0.3 is 5.32 Å². The van der Waals surface area contributed by atoms with Gasteiger partial charge >= 0.3 is 0 Å². The lowest BCUT2D eigenvalue weighted by Crippen LogP contribution is -2.16. The van der Waals surface area contributed by atoms with E-state index in [9.17, 15) is 9.18 Å². The Bertz CT molecular complexity index is 832. The second-order valence-corrected chi connectivity index (χ2v) is 6.81. The predicted molar refractivity (Wildman–Crippen MR) is 99.5 cm³/mol. The number of amides is 1. The van der Waals surface area contributed by atoms with Gasteiger partial charge in [0.25, 0.3) is 5.91 Å². The van der Waals surface area contributed by atoms with Crippen LogP contribution < -0.4 is 14.8 Å². The summed E-state index contributed by atoms with van der Waals surface area (Å²) in [6, 6.07) is 5.81. The molecule has 0 spiro atoms. The number of aromatic nitrogens is 2. The largest absolute Gasteiger partial charge is 0.321 e. The van der Waals surface area contributed by atoms with Gasteiger partial charge in [-0.1, -0.05) is 0 Å². The lowest BCUT2D eigenvalue weighted by Gasteiger charge is -2.07. The first-order chi connectivity index (χ1) is 11.8. The number of nitriles is 1. The van der Waals surface area contributed by atoms with Crippen LogP contribution in [0.1, 0.15) is 29.9 Å². The molecule has 0 atom stereocenters. The number of hydrogen-bond donors (Lipinski definition) is 3. The van der Waals surface area contributed by atoms with Gasteiger partial charge in [0.1, 0.15) is 17.6 Å². The van der Waals surface area contributed by atoms with E-state index < -0.39 is 11.7 Å². The number of nitrogens with one attached hydrogen (secondary N) is 3. The highest BCUT2D eigenvalue weighted by Crippen LogP contribution is 2.28. The van der Waals surface area contributed by atoms with Crippen molar-refractivity contribution in [3.05, 3.63) is 39.7 Å². The van der Waals surface area contributed by atoms with Gasteiger partial charge in [-0.2, -0.15) is 10.4 Å². The van der Waals surface area contributed by atoms with Crippen LogP contribution >= 0.6 is 28.1 Å². The first-order valence-corrected chi connectivity index (χ1v) is 8.85. The summed E-state index contributed by atoms with van der Waals surface area (Å²) in [6.45, 7) is 4.00. The fraction of sp³-hybridized carbons (Fsp3) is 0.267. The summed E-state index contributed by atoms with van der Waals surface area (Å²) in [7, 11) is 1.64. The highest BCUT2D eigenvalue weighted by atomic mass is 79.9. The molecule has 2 rings (SSSR count). The molecule has 0 radical (unpaired) electrons. The molecule has 0 unspecified atom stereocenters. The van der Waals surface area contributed by atoms with Gasteiger partial charge in [0, 0.05) is 30.9 Å². The van der Waals surface area contributed by atoms with Crippen LogP contribution in [0, 0.1) is 17.1 Å². The number of anilines is 2. The van der Waals surface area contributed by atoms with E-state index in [1.165, 1.54) is 28.9 Å². The quantitative estimate of drug-likeness (QED) is 0.612. The maximum absolute atomic E-state index is 13.4. The van der Waals surface area contributed by atoms with Crippen LogP contribution in [0.25, 0.3) is 0 Å². The summed E-state index contributed by atoms with van der Waals surface area (Å²) in [4.78, 5) is 12.5.